The molecule has 0 fully saturated rings. The molecule has 0 bridgehead atoms. The molecule has 0 aliphatic carbocycles. The van der Waals surface area contributed by atoms with Gasteiger partial charge in [-0.2, -0.15) is 5.26 Å². The fourth-order valence-electron chi connectivity index (χ4n) is 4.67. The highest BCUT2D eigenvalue weighted by molar-refractivity contribution is 6.10. The molecule has 3 aromatic rings. The van der Waals surface area contributed by atoms with Crippen LogP contribution in [0.1, 0.15) is 38.8 Å². The predicted molar refractivity (Wildman–Crippen MR) is 168 cm³/mol. The first-order chi connectivity index (χ1) is 22.8. The standard InChI is InChI=1S/C32H30N6O10/c1-4-46-24-11-10-19(17-33)13-25(24)48-32-35-26(23(31(42)43)12-18-8-6-5-7-9-18)27(38(44)45)29(37(32)34)47-22-15-20(28(39)36(2)3)14-21(16-22)30(40)41/h5-11,13-16,23,32H,4,12,34H2,1-3H3,(H,40,41)(H,42,43). The molecule has 1 aliphatic heterocycles. The second-order valence-electron chi connectivity index (χ2n) is 10.4. The second kappa shape index (κ2) is 14.7. The van der Waals surface area contributed by atoms with Gasteiger partial charge in [-0.05, 0) is 49.2 Å². The molecule has 0 saturated heterocycles. The van der Waals surface area contributed by atoms with Crippen LogP contribution < -0.4 is 20.1 Å². The Labute approximate surface area is 273 Å². The first-order valence-corrected chi connectivity index (χ1v) is 14.2. The van der Waals surface area contributed by atoms with Crippen molar-refractivity contribution in [2.24, 2.45) is 16.8 Å². The average Bonchev–Trinajstić information content (AvgIpc) is 3.05. The number of ether oxygens (including phenoxy) is 3. The molecule has 0 aromatic heterocycles. The zero-order chi connectivity index (χ0) is 35.1. The third-order valence-corrected chi connectivity index (χ3v) is 6.89. The van der Waals surface area contributed by atoms with Gasteiger partial charge >= 0.3 is 17.6 Å². The van der Waals surface area contributed by atoms with Crippen LogP contribution in [-0.2, 0) is 11.2 Å². The van der Waals surface area contributed by atoms with Gasteiger partial charge in [-0.3, -0.25) is 19.7 Å². The van der Waals surface area contributed by atoms with E-state index in [-0.39, 0.29) is 47.0 Å². The van der Waals surface area contributed by atoms with Crippen LogP contribution >= 0.6 is 0 Å². The number of carbonyl (C=O) groups is 3. The normalized spacial score (nSPS) is 14.7. The summed E-state index contributed by atoms with van der Waals surface area (Å²) in [5, 5.41) is 42.8. The molecule has 0 spiro atoms. The van der Waals surface area contributed by atoms with Crippen LogP contribution in [-0.4, -0.2) is 75.7 Å². The lowest BCUT2D eigenvalue weighted by atomic mass is 9.92. The highest BCUT2D eigenvalue weighted by Gasteiger charge is 2.45. The summed E-state index contributed by atoms with van der Waals surface area (Å²) >= 11 is 0. The molecule has 248 valence electrons. The van der Waals surface area contributed by atoms with Crippen molar-refractivity contribution in [2.75, 3.05) is 20.7 Å². The molecule has 1 aliphatic rings. The summed E-state index contributed by atoms with van der Waals surface area (Å²) in [6, 6.07) is 17.8. The van der Waals surface area contributed by atoms with Gasteiger partial charge in [0.15, 0.2) is 11.5 Å². The van der Waals surface area contributed by atoms with Crippen LogP contribution in [0.4, 0.5) is 0 Å². The monoisotopic (exact) mass is 658 g/mol. The Bertz CT molecular complexity index is 1850. The third kappa shape index (κ3) is 7.66. The SMILES string of the molecule is CCOc1ccc(C#N)cc1OC1N=C(C(Cc2ccccc2)C(=O)O)C([N+](=O)[O-])=C(Oc2cc(C(=O)O)cc(C(=O)N(C)C)c2)N1N. The highest BCUT2D eigenvalue weighted by Crippen LogP contribution is 2.34. The Morgan fingerprint density at radius 1 is 1.08 bits per heavy atom. The number of amides is 1. The van der Waals surface area contributed by atoms with E-state index in [4.69, 9.17) is 20.1 Å². The summed E-state index contributed by atoms with van der Waals surface area (Å²) in [5.74, 6) is 0.224. The highest BCUT2D eigenvalue weighted by atomic mass is 16.6. The van der Waals surface area contributed by atoms with Crippen LogP contribution in [0.5, 0.6) is 17.2 Å². The van der Waals surface area contributed by atoms with Gasteiger partial charge in [0.2, 0.25) is 0 Å². The number of carboxylic acids is 2. The van der Waals surface area contributed by atoms with Crippen LogP contribution in [0.2, 0.25) is 0 Å². The van der Waals surface area contributed by atoms with E-state index in [1.54, 1.807) is 37.3 Å². The number of nitrogens with zero attached hydrogens (tertiary/aromatic N) is 5. The molecule has 1 amide bonds. The maximum Gasteiger partial charge on any atom is 0.352 e. The van der Waals surface area contributed by atoms with Gasteiger partial charge in [0.1, 0.15) is 17.4 Å². The van der Waals surface area contributed by atoms with Crippen molar-refractivity contribution >= 4 is 23.6 Å². The van der Waals surface area contributed by atoms with Gasteiger partial charge in [-0.1, -0.05) is 30.3 Å². The Morgan fingerprint density at radius 3 is 2.35 bits per heavy atom. The number of nitro groups is 1. The van der Waals surface area contributed by atoms with E-state index in [1.807, 2.05) is 6.07 Å². The van der Waals surface area contributed by atoms with Crippen molar-refractivity contribution < 1.29 is 43.7 Å². The average molecular weight is 659 g/mol. The van der Waals surface area contributed by atoms with E-state index in [0.717, 1.165) is 18.2 Å². The minimum atomic E-state index is -1.73. The van der Waals surface area contributed by atoms with E-state index in [0.29, 0.717) is 10.6 Å². The maximum atomic E-state index is 12.8. The molecule has 4 rings (SSSR count). The number of aromatic carboxylic acids is 1. The zero-order valence-electron chi connectivity index (χ0n) is 25.9. The smallest absolute Gasteiger partial charge is 0.352 e. The van der Waals surface area contributed by atoms with Gasteiger partial charge in [0.25, 0.3) is 18.1 Å². The Hall–Kier alpha value is -6.47. The number of hydrazine groups is 1. The quantitative estimate of drug-likeness (QED) is 0.136. The van der Waals surface area contributed by atoms with E-state index in [9.17, 15) is 40.0 Å². The lowest BCUT2D eigenvalue weighted by Gasteiger charge is -2.32. The molecule has 1 heterocycles. The van der Waals surface area contributed by atoms with Crippen molar-refractivity contribution in [1.29, 1.82) is 5.26 Å². The summed E-state index contributed by atoms with van der Waals surface area (Å²) in [7, 11) is 2.88. The Morgan fingerprint density at radius 2 is 1.77 bits per heavy atom. The van der Waals surface area contributed by atoms with E-state index in [2.05, 4.69) is 4.99 Å². The lowest BCUT2D eigenvalue weighted by Crippen LogP contribution is -2.51. The Balaban J connectivity index is 1.93. The summed E-state index contributed by atoms with van der Waals surface area (Å²) in [6.45, 7) is 1.90. The summed E-state index contributed by atoms with van der Waals surface area (Å²) in [5.41, 5.74) is -1.35. The molecule has 16 nitrogen and oxygen atoms in total. The number of carbonyl (C=O) groups excluding carboxylic acids is 1. The summed E-state index contributed by atoms with van der Waals surface area (Å²) in [4.78, 5) is 54.6. The zero-order valence-corrected chi connectivity index (χ0v) is 25.9. The number of aliphatic imine (C=N–C) groups is 1. The molecule has 2 atom stereocenters. The first-order valence-electron chi connectivity index (χ1n) is 14.2. The molecule has 16 heteroatoms. The number of carboxylic acid groups (broad SMARTS) is 2. The number of hydrogen-bond donors (Lipinski definition) is 3. The van der Waals surface area contributed by atoms with Crippen molar-refractivity contribution in [3.63, 3.8) is 0 Å². The minimum absolute atomic E-state index is 0.0509. The van der Waals surface area contributed by atoms with Gasteiger partial charge in [0.05, 0.1) is 28.7 Å². The summed E-state index contributed by atoms with van der Waals surface area (Å²) < 4.78 is 17.5. The first kappa shape index (κ1) is 34.4. The van der Waals surface area contributed by atoms with Crippen LogP contribution in [0, 0.1) is 27.4 Å². The summed E-state index contributed by atoms with van der Waals surface area (Å²) in [6.07, 6.45) is -1.96. The molecule has 4 N–H and O–H groups in total. The van der Waals surface area contributed by atoms with E-state index >= 15 is 0 Å². The Kier molecular flexibility index (Phi) is 10.6. The van der Waals surface area contributed by atoms with Crippen molar-refractivity contribution in [1.82, 2.24) is 9.91 Å². The largest absolute Gasteiger partial charge is 0.490 e. The number of benzene rings is 3. The molecule has 2 unspecified atom stereocenters. The molecular formula is C32H30N6O10. The fraction of sp³-hybridized carbons (Fsp3) is 0.219. The molecule has 0 saturated carbocycles. The number of nitrogens with two attached hydrogens (primary N) is 1. The second-order valence-corrected chi connectivity index (χ2v) is 10.4. The van der Waals surface area contributed by atoms with Gasteiger partial charge in [0, 0.05) is 25.7 Å². The van der Waals surface area contributed by atoms with Gasteiger partial charge in [-0.25, -0.2) is 20.6 Å². The third-order valence-electron chi connectivity index (χ3n) is 6.89. The topological polar surface area (TPSA) is 231 Å². The number of nitriles is 1. The van der Waals surface area contributed by atoms with Gasteiger partial charge < -0.3 is 29.3 Å². The molecule has 48 heavy (non-hydrogen) atoms. The number of hydrogen-bond acceptors (Lipinski definition) is 12. The van der Waals surface area contributed by atoms with Crippen LogP contribution in [0.15, 0.2) is 83.3 Å². The predicted octanol–water partition coefficient (Wildman–Crippen LogP) is 3.12. The molecule has 3 aromatic carbocycles. The van der Waals surface area contributed by atoms with Gasteiger partial charge in [-0.15, -0.1) is 0 Å². The minimum Gasteiger partial charge on any atom is -0.490 e. The van der Waals surface area contributed by atoms with E-state index in [1.165, 1.54) is 37.2 Å². The molecule has 0 radical (unpaired) electrons. The van der Waals surface area contributed by atoms with Crippen molar-refractivity contribution in [3.05, 3.63) is 111 Å². The van der Waals surface area contributed by atoms with Crippen LogP contribution in [0.25, 0.3) is 0 Å². The van der Waals surface area contributed by atoms with Crippen molar-refractivity contribution in [2.45, 2.75) is 19.7 Å². The fourth-order valence-corrected chi connectivity index (χ4v) is 4.67. The van der Waals surface area contributed by atoms with Crippen LogP contribution in [0.3, 0.4) is 0 Å². The number of allylic oxidation sites excluding steroid dienone is 1. The van der Waals surface area contributed by atoms with Crippen molar-refractivity contribution in [3.8, 4) is 23.3 Å². The lowest BCUT2D eigenvalue weighted by molar-refractivity contribution is -0.420. The van der Waals surface area contributed by atoms with E-state index < -0.39 is 52.3 Å². The molecular weight excluding hydrogens is 628 g/mol. The number of rotatable bonds is 13. The maximum absolute atomic E-state index is 12.8. The number of aliphatic carboxylic acids is 1.